The Morgan fingerprint density at radius 2 is 1.95 bits per heavy atom. The van der Waals surface area contributed by atoms with Crippen LogP contribution in [0.3, 0.4) is 0 Å². The van der Waals surface area contributed by atoms with Crippen molar-refractivity contribution >= 4 is 11.0 Å². The van der Waals surface area contributed by atoms with Gasteiger partial charge in [-0.05, 0) is 36.6 Å². The van der Waals surface area contributed by atoms with Crippen LogP contribution in [0.15, 0.2) is 42.6 Å². The van der Waals surface area contributed by atoms with Crippen LogP contribution in [-0.2, 0) is 6.42 Å². The summed E-state index contributed by atoms with van der Waals surface area (Å²) < 4.78 is 0. The molecule has 0 saturated carbocycles. The van der Waals surface area contributed by atoms with Crippen LogP contribution in [-0.4, -0.2) is 15.0 Å². The first-order chi connectivity index (χ1) is 9.86. The number of imidazole rings is 1. The minimum Gasteiger partial charge on any atom is -0.337 e. The fraction of sp³-hybridized carbons (Fsp3) is 0.294. The molecule has 0 bridgehead atoms. The van der Waals surface area contributed by atoms with Crippen molar-refractivity contribution in [1.29, 1.82) is 0 Å². The van der Waals surface area contributed by atoms with E-state index < -0.39 is 0 Å². The first-order valence-corrected chi connectivity index (χ1v) is 7.27. The van der Waals surface area contributed by atoms with Gasteiger partial charge in [0, 0.05) is 6.20 Å². The summed E-state index contributed by atoms with van der Waals surface area (Å²) >= 11 is 0. The Morgan fingerprint density at radius 3 is 2.70 bits per heavy atom. The summed E-state index contributed by atoms with van der Waals surface area (Å²) in [5, 5.41) is 0. The lowest BCUT2D eigenvalue weighted by Gasteiger charge is -2.01. The van der Waals surface area contributed by atoms with Gasteiger partial charge in [0.25, 0.3) is 0 Å². The molecular formula is C17H19N3. The van der Waals surface area contributed by atoms with Gasteiger partial charge in [0.1, 0.15) is 5.69 Å². The predicted molar refractivity (Wildman–Crippen MR) is 82.6 cm³/mol. The van der Waals surface area contributed by atoms with Crippen molar-refractivity contribution in [1.82, 2.24) is 15.0 Å². The van der Waals surface area contributed by atoms with Crippen LogP contribution in [0.1, 0.15) is 31.7 Å². The van der Waals surface area contributed by atoms with Crippen molar-refractivity contribution in [2.75, 3.05) is 0 Å². The Labute approximate surface area is 119 Å². The number of hydrogen-bond acceptors (Lipinski definition) is 2. The van der Waals surface area contributed by atoms with E-state index in [0.29, 0.717) is 0 Å². The van der Waals surface area contributed by atoms with E-state index in [0.717, 1.165) is 29.0 Å². The minimum atomic E-state index is 0.839. The summed E-state index contributed by atoms with van der Waals surface area (Å²) in [5.74, 6) is 0.839. The molecule has 1 N–H and O–H groups in total. The number of rotatable bonds is 5. The van der Waals surface area contributed by atoms with Gasteiger partial charge < -0.3 is 4.98 Å². The molecular weight excluding hydrogens is 246 g/mol. The molecule has 0 aliphatic rings. The number of pyridine rings is 1. The van der Waals surface area contributed by atoms with Gasteiger partial charge >= 0.3 is 0 Å². The van der Waals surface area contributed by atoms with Crippen molar-refractivity contribution in [3.8, 4) is 11.5 Å². The van der Waals surface area contributed by atoms with Crippen molar-refractivity contribution in [2.24, 2.45) is 0 Å². The third-order valence-corrected chi connectivity index (χ3v) is 3.53. The van der Waals surface area contributed by atoms with Crippen LogP contribution in [0.25, 0.3) is 22.6 Å². The monoisotopic (exact) mass is 265 g/mol. The van der Waals surface area contributed by atoms with E-state index in [1.54, 1.807) is 0 Å². The average molecular weight is 265 g/mol. The van der Waals surface area contributed by atoms with Gasteiger partial charge in [0.2, 0.25) is 0 Å². The topological polar surface area (TPSA) is 41.6 Å². The van der Waals surface area contributed by atoms with Crippen molar-refractivity contribution in [3.63, 3.8) is 0 Å². The van der Waals surface area contributed by atoms with E-state index in [4.69, 9.17) is 0 Å². The number of H-pyrrole nitrogens is 1. The maximum absolute atomic E-state index is 4.57. The lowest BCUT2D eigenvalue weighted by Crippen LogP contribution is -1.90. The predicted octanol–water partition coefficient (Wildman–Crippen LogP) is 4.36. The summed E-state index contributed by atoms with van der Waals surface area (Å²) in [4.78, 5) is 12.4. The first kappa shape index (κ1) is 12.9. The van der Waals surface area contributed by atoms with Crippen LogP contribution >= 0.6 is 0 Å². The molecule has 102 valence electrons. The highest BCUT2D eigenvalue weighted by Crippen LogP contribution is 2.19. The van der Waals surface area contributed by atoms with E-state index in [1.165, 1.54) is 24.8 Å². The molecule has 0 aliphatic heterocycles. The van der Waals surface area contributed by atoms with Crippen LogP contribution < -0.4 is 0 Å². The van der Waals surface area contributed by atoms with Crippen molar-refractivity contribution < 1.29 is 0 Å². The number of aryl methyl sites for hydroxylation is 1. The largest absolute Gasteiger partial charge is 0.337 e. The van der Waals surface area contributed by atoms with E-state index in [9.17, 15) is 0 Å². The SMILES string of the molecule is CCCCCc1ccc(-c2nc3ccccc3[nH]2)nc1. The van der Waals surface area contributed by atoms with Gasteiger partial charge in [-0.3, -0.25) is 4.98 Å². The fourth-order valence-corrected chi connectivity index (χ4v) is 2.37. The molecule has 3 nitrogen and oxygen atoms in total. The molecule has 2 heterocycles. The second kappa shape index (κ2) is 5.87. The quantitative estimate of drug-likeness (QED) is 0.696. The second-order valence-electron chi connectivity index (χ2n) is 5.11. The number of nitrogens with one attached hydrogen (secondary N) is 1. The maximum atomic E-state index is 4.57. The summed E-state index contributed by atoms with van der Waals surface area (Å²) in [6.45, 7) is 2.23. The van der Waals surface area contributed by atoms with Gasteiger partial charge in [-0.2, -0.15) is 0 Å². The number of nitrogens with zero attached hydrogens (tertiary/aromatic N) is 2. The van der Waals surface area contributed by atoms with E-state index in [-0.39, 0.29) is 0 Å². The lowest BCUT2D eigenvalue weighted by atomic mass is 10.1. The van der Waals surface area contributed by atoms with Gasteiger partial charge in [-0.1, -0.05) is 38.0 Å². The number of hydrogen-bond donors (Lipinski definition) is 1. The zero-order chi connectivity index (χ0) is 13.8. The van der Waals surface area contributed by atoms with Gasteiger partial charge in [-0.15, -0.1) is 0 Å². The zero-order valence-electron chi connectivity index (χ0n) is 11.8. The number of aromatic amines is 1. The van der Waals surface area contributed by atoms with Crippen LogP contribution in [0.4, 0.5) is 0 Å². The molecule has 3 aromatic rings. The van der Waals surface area contributed by atoms with Crippen LogP contribution in [0, 0.1) is 0 Å². The minimum absolute atomic E-state index is 0.839. The van der Waals surface area contributed by atoms with E-state index in [1.807, 2.05) is 30.5 Å². The molecule has 3 rings (SSSR count). The molecule has 3 heteroatoms. The Kier molecular flexibility index (Phi) is 3.77. The summed E-state index contributed by atoms with van der Waals surface area (Å²) in [6, 6.07) is 12.3. The second-order valence-corrected chi connectivity index (χ2v) is 5.11. The maximum Gasteiger partial charge on any atom is 0.157 e. The third kappa shape index (κ3) is 2.72. The van der Waals surface area contributed by atoms with Crippen molar-refractivity contribution in [2.45, 2.75) is 32.6 Å². The van der Waals surface area contributed by atoms with Crippen LogP contribution in [0.5, 0.6) is 0 Å². The third-order valence-electron chi connectivity index (χ3n) is 3.53. The van der Waals surface area contributed by atoms with Crippen molar-refractivity contribution in [3.05, 3.63) is 48.2 Å². The first-order valence-electron chi connectivity index (χ1n) is 7.27. The molecule has 2 aromatic heterocycles. The molecule has 0 amide bonds. The Hall–Kier alpha value is -2.16. The van der Waals surface area contributed by atoms with Gasteiger partial charge in [-0.25, -0.2) is 4.98 Å². The normalized spacial score (nSPS) is 11.1. The standard InChI is InChI=1S/C17H19N3/c1-2-3-4-7-13-10-11-16(18-12-13)17-19-14-8-5-6-9-15(14)20-17/h5-6,8-12H,2-4,7H2,1H3,(H,19,20). The van der Waals surface area contributed by atoms with Crippen LogP contribution in [0.2, 0.25) is 0 Å². The highest BCUT2D eigenvalue weighted by molar-refractivity contribution is 5.78. The smallest absolute Gasteiger partial charge is 0.157 e. The van der Waals surface area contributed by atoms with Gasteiger partial charge in [0.15, 0.2) is 5.82 Å². The van der Waals surface area contributed by atoms with E-state index >= 15 is 0 Å². The Bertz CT molecular complexity index is 650. The molecule has 0 aliphatic carbocycles. The number of unbranched alkanes of at least 4 members (excludes halogenated alkanes) is 2. The number of benzene rings is 1. The molecule has 1 aromatic carbocycles. The highest BCUT2D eigenvalue weighted by atomic mass is 14.9. The zero-order valence-corrected chi connectivity index (χ0v) is 11.8. The van der Waals surface area contributed by atoms with E-state index in [2.05, 4.69) is 34.0 Å². The molecule has 0 spiro atoms. The number of aromatic nitrogens is 3. The molecule has 0 radical (unpaired) electrons. The van der Waals surface area contributed by atoms with Gasteiger partial charge in [0.05, 0.1) is 11.0 Å². The lowest BCUT2D eigenvalue weighted by molar-refractivity contribution is 0.716. The average Bonchev–Trinajstić information content (AvgIpc) is 2.92. The molecule has 0 saturated heterocycles. The summed E-state index contributed by atoms with van der Waals surface area (Å²) in [7, 11) is 0. The Balaban J connectivity index is 1.79. The summed E-state index contributed by atoms with van der Waals surface area (Å²) in [6.07, 6.45) is 6.86. The Morgan fingerprint density at radius 1 is 1.05 bits per heavy atom. The number of fused-ring (bicyclic) bond motifs is 1. The number of para-hydroxylation sites is 2. The fourth-order valence-electron chi connectivity index (χ4n) is 2.37. The summed E-state index contributed by atoms with van der Waals surface area (Å²) in [5.41, 5.74) is 4.24. The molecule has 0 unspecified atom stereocenters. The highest BCUT2D eigenvalue weighted by Gasteiger charge is 2.05. The molecule has 20 heavy (non-hydrogen) atoms. The molecule has 0 atom stereocenters. The molecule has 0 fully saturated rings.